The molecule has 74 valence electrons. The van der Waals surface area contributed by atoms with Crippen molar-refractivity contribution in [3.8, 4) is 0 Å². The molecule has 1 aliphatic carbocycles. The summed E-state index contributed by atoms with van der Waals surface area (Å²) in [6.07, 6.45) is 4.55. The number of hydrogen-bond acceptors (Lipinski definition) is 2. The summed E-state index contributed by atoms with van der Waals surface area (Å²) in [5, 5.41) is 0. The predicted molar refractivity (Wildman–Crippen MR) is 50.4 cm³/mol. The summed E-state index contributed by atoms with van der Waals surface area (Å²) in [5.74, 6) is -0.0755. The molecule has 0 saturated heterocycles. The molecule has 2 rings (SSSR count). The molecule has 3 heteroatoms. The second kappa shape index (κ2) is 3.15. The van der Waals surface area contributed by atoms with Crippen LogP contribution in [0.25, 0.3) is 0 Å². The third-order valence-electron chi connectivity index (χ3n) is 2.97. The van der Waals surface area contributed by atoms with Crippen LogP contribution >= 0.6 is 0 Å². The van der Waals surface area contributed by atoms with Gasteiger partial charge in [-0.1, -0.05) is 6.92 Å². The zero-order valence-corrected chi connectivity index (χ0v) is 8.09. The zero-order chi connectivity index (χ0) is 10.2. The van der Waals surface area contributed by atoms with Gasteiger partial charge < -0.3 is 0 Å². The highest BCUT2D eigenvalue weighted by molar-refractivity contribution is 5.82. The van der Waals surface area contributed by atoms with E-state index in [-0.39, 0.29) is 17.0 Å². The summed E-state index contributed by atoms with van der Waals surface area (Å²) in [6, 6.07) is 1.67. The largest absolute Gasteiger partial charge is 0.300 e. The fourth-order valence-electron chi connectivity index (χ4n) is 2.12. The van der Waals surface area contributed by atoms with Crippen LogP contribution in [0.3, 0.4) is 0 Å². The van der Waals surface area contributed by atoms with Crippen LogP contribution in [0.2, 0.25) is 0 Å². The van der Waals surface area contributed by atoms with E-state index in [0.29, 0.717) is 18.4 Å². The predicted octanol–water partition coefficient (Wildman–Crippen LogP) is 2.23. The lowest BCUT2D eigenvalue weighted by atomic mass is 9.81. The molecule has 0 aliphatic heterocycles. The van der Waals surface area contributed by atoms with Crippen molar-refractivity contribution in [2.24, 2.45) is 0 Å². The summed E-state index contributed by atoms with van der Waals surface area (Å²) in [5.41, 5.74) is 0.308. The quantitative estimate of drug-likeness (QED) is 0.684. The van der Waals surface area contributed by atoms with E-state index in [2.05, 4.69) is 4.98 Å². The van der Waals surface area contributed by atoms with Crippen molar-refractivity contribution in [2.75, 3.05) is 0 Å². The first-order valence-corrected chi connectivity index (χ1v) is 4.73. The Morgan fingerprint density at radius 3 is 2.93 bits per heavy atom. The standard InChI is InChI=1S/C11H12FNO/c1-11(4-2-8(14)6-11)9-3-5-13-7-10(9)12/h3,5,7H,2,4,6H2,1H3. The molecule has 0 N–H and O–H groups in total. The molecule has 0 spiro atoms. The highest BCUT2D eigenvalue weighted by Gasteiger charge is 2.37. The SMILES string of the molecule is CC1(c2ccncc2F)CCC(=O)C1. The first-order valence-electron chi connectivity index (χ1n) is 4.73. The maximum absolute atomic E-state index is 13.4. The first-order chi connectivity index (χ1) is 6.62. The molecule has 0 radical (unpaired) electrons. The van der Waals surface area contributed by atoms with Crippen molar-refractivity contribution in [3.63, 3.8) is 0 Å². The van der Waals surface area contributed by atoms with Crippen molar-refractivity contribution in [1.82, 2.24) is 4.98 Å². The molecule has 0 aromatic carbocycles. The molecule has 2 nitrogen and oxygen atoms in total. The van der Waals surface area contributed by atoms with Gasteiger partial charge in [-0.3, -0.25) is 9.78 Å². The summed E-state index contributed by atoms with van der Waals surface area (Å²) in [6.45, 7) is 1.94. The van der Waals surface area contributed by atoms with Crippen molar-refractivity contribution >= 4 is 5.78 Å². The second-order valence-corrected chi connectivity index (χ2v) is 4.13. The van der Waals surface area contributed by atoms with Gasteiger partial charge in [0.05, 0.1) is 6.20 Å². The summed E-state index contributed by atoms with van der Waals surface area (Å²) in [7, 11) is 0. The highest BCUT2D eigenvalue weighted by atomic mass is 19.1. The Kier molecular flexibility index (Phi) is 2.10. The van der Waals surface area contributed by atoms with Gasteiger partial charge in [0, 0.05) is 24.5 Å². The smallest absolute Gasteiger partial charge is 0.145 e. The molecular weight excluding hydrogens is 181 g/mol. The van der Waals surface area contributed by atoms with Crippen LogP contribution in [-0.2, 0) is 10.2 Å². The van der Waals surface area contributed by atoms with Crippen LogP contribution in [0.5, 0.6) is 0 Å². The number of aromatic nitrogens is 1. The van der Waals surface area contributed by atoms with Crippen molar-refractivity contribution in [1.29, 1.82) is 0 Å². The summed E-state index contributed by atoms with van der Waals surface area (Å²) in [4.78, 5) is 14.9. The Labute approximate surface area is 82.2 Å². The van der Waals surface area contributed by atoms with E-state index in [4.69, 9.17) is 0 Å². The minimum Gasteiger partial charge on any atom is -0.300 e. The van der Waals surface area contributed by atoms with Crippen LogP contribution in [-0.4, -0.2) is 10.8 Å². The summed E-state index contributed by atoms with van der Waals surface area (Å²) < 4.78 is 13.4. The van der Waals surface area contributed by atoms with E-state index in [1.165, 1.54) is 6.20 Å². The van der Waals surface area contributed by atoms with Crippen LogP contribution in [0.15, 0.2) is 18.5 Å². The minimum atomic E-state index is -0.315. The van der Waals surface area contributed by atoms with Gasteiger partial charge in [0.1, 0.15) is 11.6 Å². The average Bonchev–Trinajstić information content (AvgIpc) is 2.48. The van der Waals surface area contributed by atoms with Gasteiger partial charge in [-0.2, -0.15) is 0 Å². The van der Waals surface area contributed by atoms with Crippen LogP contribution in [0.4, 0.5) is 4.39 Å². The molecule has 1 unspecified atom stereocenters. The lowest BCUT2D eigenvalue weighted by Crippen LogP contribution is -2.19. The first kappa shape index (κ1) is 9.31. The van der Waals surface area contributed by atoms with Gasteiger partial charge in [0.15, 0.2) is 0 Å². The van der Waals surface area contributed by atoms with Crippen molar-refractivity contribution < 1.29 is 9.18 Å². The number of carbonyl (C=O) groups is 1. The number of carbonyl (C=O) groups excluding carboxylic acids is 1. The normalized spacial score (nSPS) is 26.9. The van der Waals surface area contributed by atoms with E-state index >= 15 is 0 Å². The molecule has 1 fully saturated rings. The second-order valence-electron chi connectivity index (χ2n) is 4.13. The number of ketones is 1. The molecule has 0 amide bonds. The number of hydrogen-bond donors (Lipinski definition) is 0. The Morgan fingerprint density at radius 2 is 2.36 bits per heavy atom. The topological polar surface area (TPSA) is 30.0 Å². The van der Waals surface area contributed by atoms with Crippen LogP contribution in [0, 0.1) is 5.82 Å². The molecule has 1 aliphatic rings. The van der Waals surface area contributed by atoms with E-state index in [1.54, 1.807) is 12.3 Å². The molecule has 1 saturated carbocycles. The molecular formula is C11H12FNO. The van der Waals surface area contributed by atoms with E-state index in [0.717, 1.165) is 6.42 Å². The average molecular weight is 193 g/mol. The molecule has 1 heterocycles. The highest BCUT2D eigenvalue weighted by Crippen LogP contribution is 2.39. The molecule has 1 aromatic rings. The Hall–Kier alpha value is -1.25. The number of nitrogens with zero attached hydrogens (tertiary/aromatic N) is 1. The molecule has 1 aromatic heterocycles. The maximum Gasteiger partial charge on any atom is 0.145 e. The van der Waals surface area contributed by atoms with E-state index in [9.17, 15) is 9.18 Å². The summed E-state index contributed by atoms with van der Waals surface area (Å²) >= 11 is 0. The van der Waals surface area contributed by atoms with Gasteiger partial charge in [-0.25, -0.2) is 4.39 Å². The third-order valence-corrected chi connectivity index (χ3v) is 2.97. The molecule has 14 heavy (non-hydrogen) atoms. The Balaban J connectivity index is 2.40. The van der Waals surface area contributed by atoms with Gasteiger partial charge in [-0.05, 0) is 18.1 Å². The Bertz CT molecular complexity index is 377. The van der Waals surface area contributed by atoms with Crippen LogP contribution < -0.4 is 0 Å². The minimum absolute atomic E-state index is 0.226. The number of rotatable bonds is 1. The van der Waals surface area contributed by atoms with Crippen LogP contribution in [0.1, 0.15) is 31.7 Å². The van der Waals surface area contributed by atoms with Crippen molar-refractivity contribution in [3.05, 3.63) is 29.8 Å². The van der Waals surface area contributed by atoms with Gasteiger partial charge in [-0.15, -0.1) is 0 Å². The molecule has 0 bridgehead atoms. The zero-order valence-electron chi connectivity index (χ0n) is 8.09. The van der Waals surface area contributed by atoms with Gasteiger partial charge in [0.25, 0.3) is 0 Å². The van der Waals surface area contributed by atoms with Gasteiger partial charge in [0.2, 0.25) is 0 Å². The Morgan fingerprint density at radius 1 is 1.57 bits per heavy atom. The van der Waals surface area contributed by atoms with Crippen molar-refractivity contribution in [2.45, 2.75) is 31.6 Å². The van der Waals surface area contributed by atoms with Gasteiger partial charge >= 0.3 is 0 Å². The van der Waals surface area contributed by atoms with E-state index < -0.39 is 0 Å². The fraction of sp³-hybridized carbons (Fsp3) is 0.455. The number of halogens is 1. The number of Topliss-reactive ketones (excluding diaryl/α,β-unsaturated/α-hetero) is 1. The third kappa shape index (κ3) is 1.43. The van der Waals surface area contributed by atoms with E-state index in [1.807, 2.05) is 6.92 Å². The molecule has 1 atom stereocenters. The fourth-order valence-corrected chi connectivity index (χ4v) is 2.12. The maximum atomic E-state index is 13.4. The lowest BCUT2D eigenvalue weighted by molar-refractivity contribution is -0.117. The number of pyridine rings is 1. The monoisotopic (exact) mass is 193 g/mol. The lowest BCUT2D eigenvalue weighted by Gasteiger charge is -2.23.